The Balaban J connectivity index is 1.73. The Morgan fingerprint density at radius 1 is 0.765 bits per heavy atom. The van der Waals surface area contributed by atoms with Gasteiger partial charge in [-0.2, -0.15) is 10.2 Å². The summed E-state index contributed by atoms with van der Waals surface area (Å²) >= 11 is 24.1. The normalized spacial score (nSPS) is 11.1. The first-order valence-corrected chi connectivity index (χ1v) is 11.5. The summed E-state index contributed by atoms with van der Waals surface area (Å²) in [5.41, 5.74) is 5.87. The summed E-state index contributed by atoms with van der Waals surface area (Å²) < 4.78 is 10.4. The standard InChI is InChI=1S/C22H22Cl4N4O4/c1-33-21-13(7-15(23)9-17(21)25)11-27-29-19(31)5-3-4-6-20(32)30-28-12-14-8-16(24)10-18(26)22(14)34-2/h7-12H,3-6H2,1-2H3,(H,29,31)(H,30,32)/b27-11+,28-12+. The van der Waals surface area contributed by atoms with Crippen molar-refractivity contribution in [1.29, 1.82) is 0 Å². The highest BCUT2D eigenvalue weighted by molar-refractivity contribution is 6.36. The molecule has 0 aliphatic carbocycles. The van der Waals surface area contributed by atoms with Crippen molar-refractivity contribution < 1.29 is 19.1 Å². The largest absolute Gasteiger partial charge is 0.495 e. The number of carbonyl (C=O) groups excluding carboxylic acids is 2. The minimum absolute atomic E-state index is 0.194. The molecule has 0 aliphatic heterocycles. The number of amides is 2. The number of rotatable bonds is 11. The van der Waals surface area contributed by atoms with Gasteiger partial charge >= 0.3 is 0 Å². The second kappa shape index (κ2) is 14.0. The molecule has 12 heteroatoms. The minimum Gasteiger partial charge on any atom is -0.495 e. The molecule has 0 bridgehead atoms. The van der Waals surface area contributed by atoms with Gasteiger partial charge in [0, 0.05) is 34.0 Å². The van der Waals surface area contributed by atoms with Gasteiger partial charge in [-0.15, -0.1) is 0 Å². The Bertz CT molecular complexity index is 1010. The molecule has 0 unspecified atom stereocenters. The van der Waals surface area contributed by atoms with E-state index in [-0.39, 0.29) is 24.7 Å². The molecule has 0 heterocycles. The quantitative estimate of drug-likeness (QED) is 0.221. The maximum absolute atomic E-state index is 11.9. The molecule has 2 amide bonds. The Hall–Kier alpha value is -2.52. The molecule has 0 aromatic heterocycles. The first kappa shape index (κ1) is 27.7. The predicted octanol–water partition coefficient (Wildman–Crippen LogP) is 5.48. The van der Waals surface area contributed by atoms with Crippen molar-refractivity contribution in [3.05, 3.63) is 55.5 Å². The van der Waals surface area contributed by atoms with E-state index in [1.54, 1.807) is 24.3 Å². The molecule has 0 saturated heterocycles. The zero-order valence-corrected chi connectivity index (χ0v) is 21.4. The number of hydrazone groups is 2. The molecule has 2 aromatic rings. The number of methoxy groups -OCH3 is 2. The van der Waals surface area contributed by atoms with Crippen LogP contribution in [0.1, 0.15) is 36.8 Å². The van der Waals surface area contributed by atoms with Crippen molar-refractivity contribution in [1.82, 2.24) is 10.9 Å². The number of hydrogen-bond donors (Lipinski definition) is 2. The van der Waals surface area contributed by atoms with Crippen LogP contribution in [0.3, 0.4) is 0 Å². The Labute approximate surface area is 217 Å². The molecule has 2 N–H and O–H groups in total. The third kappa shape index (κ3) is 8.68. The number of ether oxygens (including phenoxy) is 2. The topological polar surface area (TPSA) is 101 Å². The molecule has 34 heavy (non-hydrogen) atoms. The van der Waals surface area contributed by atoms with Gasteiger partial charge in [0.25, 0.3) is 0 Å². The van der Waals surface area contributed by atoms with E-state index in [4.69, 9.17) is 55.9 Å². The fraction of sp³-hybridized carbons (Fsp3) is 0.273. The number of benzene rings is 2. The minimum atomic E-state index is -0.299. The van der Waals surface area contributed by atoms with Gasteiger partial charge in [0.1, 0.15) is 11.5 Å². The van der Waals surface area contributed by atoms with Crippen LogP contribution in [-0.2, 0) is 9.59 Å². The van der Waals surface area contributed by atoms with Crippen LogP contribution in [0.15, 0.2) is 34.5 Å². The van der Waals surface area contributed by atoms with Crippen molar-refractivity contribution in [2.75, 3.05) is 14.2 Å². The van der Waals surface area contributed by atoms with Crippen LogP contribution in [0.25, 0.3) is 0 Å². The highest BCUT2D eigenvalue weighted by Crippen LogP contribution is 2.32. The Morgan fingerprint density at radius 3 is 1.50 bits per heavy atom. The van der Waals surface area contributed by atoms with Crippen molar-refractivity contribution in [2.45, 2.75) is 25.7 Å². The molecule has 2 aromatic carbocycles. The van der Waals surface area contributed by atoms with Crippen LogP contribution in [0.5, 0.6) is 11.5 Å². The number of nitrogens with one attached hydrogen (secondary N) is 2. The SMILES string of the molecule is COc1c(Cl)cc(Cl)cc1/C=N/NC(=O)CCCCC(=O)N/N=C/c1cc(Cl)cc(Cl)c1OC. The average Bonchev–Trinajstić information content (AvgIpc) is 2.76. The Kier molecular flexibility index (Phi) is 11.4. The van der Waals surface area contributed by atoms with Crippen molar-refractivity contribution in [3.8, 4) is 11.5 Å². The lowest BCUT2D eigenvalue weighted by atomic mass is 10.2. The number of halogens is 4. The molecule has 2 rings (SSSR count). The third-order valence-electron chi connectivity index (χ3n) is 4.33. The first-order chi connectivity index (χ1) is 16.2. The van der Waals surface area contributed by atoms with Gasteiger partial charge in [-0.1, -0.05) is 46.4 Å². The summed E-state index contributed by atoms with van der Waals surface area (Å²) in [4.78, 5) is 23.9. The highest BCUT2D eigenvalue weighted by atomic mass is 35.5. The van der Waals surface area contributed by atoms with Crippen LogP contribution in [-0.4, -0.2) is 38.5 Å². The van der Waals surface area contributed by atoms with Gasteiger partial charge in [0.05, 0.1) is 36.7 Å². The van der Waals surface area contributed by atoms with Crippen molar-refractivity contribution in [3.63, 3.8) is 0 Å². The highest BCUT2D eigenvalue weighted by Gasteiger charge is 2.10. The molecule has 0 fully saturated rings. The maximum Gasteiger partial charge on any atom is 0.240 e. The van der Waals surface area contributed by atoms with Crippen LogP contribution in [0.4, 0.5) is 0 Å². The van der Waals surface area contributed by atoms with E-state index >= 15 is 0 Å². The van der Waals surface area contributed by atoms with Gasteiger partial charge < -0.3 is 9.47 Å². The summed E-state index contributed by atoms with van der Waals surface area (Å²) in [6.45, 7) is 0. The number of unbranched alkanes of at least 4 members (excludes halogenated alkanes) is 1. The van der Waals surface area contributed by atoms with Crippen molar-refractivity contribution in [2.24, 2.45) is 10.2 Å². The first-order valence-electron chi connectivity index (χ1n) is 9.95. The zero-order valence-electron chi connectivity index (χ0n) is 18.3. The average molecular weight is 548 g/mol. The smallest absolute Gasteiger partial charge is 0.240 e. The second-order valence-corrected chi connectivity index (χ2v) is 8.50. The molecule has 0 radical (unpaired) electrons. The van der Waals surface area contributed by atoms with E-state index in [0.717, 1.165) is 0 Å². The zero-order chi connectivity index (χ0) is 25.1. The van der Waals surface area contributed by atoms with Gasteiger partial charge in [-0.05, 0) is 37.1 Å². The van der Waals surface area contributed by atoms with Gasteiger partial charge in [-0.25, -0.2) is 10.9 Å². The summed E-state index contributed by atoms with van der Waals surface area (Å²) in [6, 6.07) is 6.31. The fourth-order valence-electron chi connectivity index (χ4n) is 2.81. The predicted molar refractivity (Wildman–Crippen MR) is 136 cm³/mol. The molecule has 0 atom stereocenters. The van der Waals surface area contributed by atoms with Gasteiger partial charge in [0.2, 0.25) is 11.8 Å². The molecule has 182 valence electrons. The lowest BCUT2D eigenvalue weighted by molar-refractivity contribution is -0.123. The lowest BCUT2D eigenvalue weighted by Crippen LogP contribution is -2.19. The third-order valence-corrected chi connectivity index (χ3v) is 5.32. The van der Waals surface area contributed by atoms with E-state index in [1.165, 1.54) is 26.6 Å². The molecule has 8 nitrogen and oxygen atoms in total. The van der Waals surface area contributed by atoms with Crippen LogP contribution in [0.2, 0.25) is 20.1 Å². The summed E-state index contributed by atoms with van der Waals surface area (Å²) in [5.74, 6) is 0.197. The van der Waals surface area contributed by atoms with E-state index < -0.39 is 0 Å². The molecular weight excluding hydrogens is 526 g/mol. The second-order valence-electron chi connectivity index (χ2n) is 6.81. The van der Waals surface area contributed by atoms with Crippen LogP contribution < -0.4 is 20.3 Å². The number of hydrogen-bond acceptors (Lipinski definition) is 6. The number of nitrogens with zero attached hydrogens (tertiary/aromatic N) is 2. The number of carbonyl (C=O) groups is 2. The molecule has 0 spiro atoms. The van der Waals surface area contributed by atoms with E-state index in [9.17, 15) is 9.59 Å². The summed E-state index contributed by atoms with van der Waals surface area (Å²) in [5, 5.41) is 9.28. The van der Waals surface area contributed by atoms with Gasteiger partial charge in [-0.3, -0.25) is 9.59 Å². The Morgan fingerprint density at radius 2 is 1.15 bits per heavy atom. The van der Waals surface area contributed by atoms with E-state index in [2.05, 4.69) is 21.1 Å². The van der Waals surface area contributed by atoms with Gasteiger partial charge in [0.15, 0.2) is 0 Å². The molecule has 0 aliphatic rings. The lowest BCUT2D eigenvalue weighted by Gasteiger charge is -2.07. The molecular formula is C22H22Cl4N4O4. The molecule has 0 saturated carbocycles. The summed E-state index contributed by atoms with van der Waals surface area (Å²) in [6.07, 6.45) is 4.15. The monoisotopic (exact) mass is 546 g/mol. The van der Waals surface area contributed by atoms with Crippen molar-refractivity contribution >= 4 is 70.6 Å². The van der Waals surface area contributed by atoms with Crippen LogP contribution in [0, 0.1) is 0 Å². The van der Waals surface area contributed by atoms with E-state index in [0.29, 0.717) is 55.6 Å². The fourth-order valence-corrected chi connectivity index (χ4v) is 3.99. The van der Waals surface area contributed by atoms with Crippen LogP contribution >= 0.6 is 46.4 Å². The van der Waals surface area contributed by atoms with E-state index in [1.807, 2.05) is 0 Å². The maximum atomic E-state index is 11.9. The summed E-state index contributed by atoms with van der Waals surface area (Å²) in [7, 11) is 2.94.